The standard InChI is InChI=1S/C45H89NO6/c1-4-7-10-13-15-16-19-26-33-44(48)51-38-29-22-20-27-34-46(36-40-50-41-37-47)35-28-21-23-30-39-52-45(49)42-43(31-24-17-12-9-6-3)32-25-18-14-11-8-5-2/h43,47H,4-42H2,1-3H3. The maximum Gasteiger partial charge on any atom is 0.306 e. The summed E-state index contributed by atoms with van der Waals surface area (Å²) in [4.78, 5) is 27.2. The molecule has 0 heterocycles. The molecule has 0 aliphatic carbocycles. The summed E-state index contributed by atoms with van der Waals surface area (Å²) in [5.74, 6) is 0.462. The van der Waals surface area contributed by atoms with Crippen LogP contribution in [0.4, 0.5) is 0 Å². The van der Waals surface area contributed by atoms with Crippen molar-refractivity contribution in [3.8, 4) is 0 Å². The highest BCUT2D eigenvalue weighted by atomic mass is 16.5. The van der Waals surface area contributed by atoms with Crippen LogP contribution in [0.25, 0.3) is 0 Å². The van der Waals surface area contributed by atoms with Crippen molar-refractivity contribution in [3.05, 3.63) is 0 Å². The van der Waals surface area contributed by atoms with Crippen LogP contribution >= 0.6 is 0 Å². The molecule has 7 heteroatoms. The van der Waals surface area contributed by atoms with Gasteiger partial charge in [-0.05, 0) is 64.0 Å². The molecule has 0 amide bonds. The normalized spacial score (nSPS) is 12.1. The molecule has 1 unspecified atom stereocenters. The highest BCUT2D eigenvalue weighted by Crippen LogP contribution is 2.23. The summed E-state index contributed by atoms with van der Waals surface area (Å²) in [7, 11) is 0. The second-order valence-corrected chi connectivity index (χ2v) is 15.5. The summed E-state index contributed by atoms with van der Waals surface area (Å²) < 4.78 is 16.7. The van der Waals surface area contributed by atoms with E-state index in [0.29, 0.717) is 45.2 Å². The van der Waals surface area contributed by atoms with Crippen LogP contribution in [-0.2, 0) is 23.8 Å². The van der Waals surface area contributed by atoms with Crippen LogP contribution in [0, 0.1) is 5.92 Å². The molecule has 0 spiro atoms. The van der Waals surface area contributed by atoms with Crippen LogP contribution in [0.1, 0.15) is 220 Å². The first-order chi connectivity index (χ1) is 25.6. The Morgan fingerprint density at radius 1 is 0.462 bits per heavy atom. The molecule has 310 valence electrons. The van der Waals surface area contributed by atoms with E-state index < -0.39 is 0 Å². The van der Waals surface area contributed by atoms with E-state index in [1.54, 1.807) is 0 Å². The van der Waals surface area contributed by atoms with Gasteiger partial charge in [0.2, 0.25) is 0 Å². The summed E-state index contributed by atoms with van der Waals surface area (Å²) >= 11 is 0. The van der Waals surface area contributed by atoms with Crippen LogP contribution in [0.3, 0.4) is 0 Å². The first-order valence-electron chi connectivity index (χ1n) is 22.8. The number of unbranched alkanes of at least 4 members (excludes halogenated alkanes) is 22. The van der Waals surface area contributed by atoms with Gasteiger partial charge in [-0.2, -0.15) is 0 Å². The molecule has 0 bridgehead atoms. The Morgan fingerprint density at radius 2 is 0.885 bits per heavy atom. The third kappa shape index (κ3) is 38.5. The van der Waals surface area contributed by atoms with Crippen molar-refractivity contribution >= 4 is 11.9 Å². The fraction of sp³-hybridized carbons (Fsp3) is 0.956. The fourth-order valence-electron chi connectivity index (χ4n) is 7.02. The lowest BCUT2D eigenvalue weighted by Crippen LogP contribution is -2.30. The van der Waals surface area contributed by atoms with Gasteiger partial charge >= 0.3 is 11.9 Å². The van der Waals surface area contributed by atoms with Crippen LogP contribution in [0.2, 0.25) is 0 Å². The third-order valence-corrected chi connectivity index (χ3v) is 10.4. The molecule has 52 heavy (non-hydrogen) atoms. The molecule has 0 fully saturated rings. The molecular weight excluding hydrogens is 650 g/mol. The molecule has 0 aromatic carbocycles. The number of hydrogen-bond acceptors (Lipinski definition) is 7. The minimum Gasteiger partial charge on any atom is -0.466 e. The largest absolute Gasteiger partial charge is 0.466 e. The zero-order chi connectivity index (χ0) is 38.0. The van der Waals surface area contributed by atoms with Gasteiger partial charge in [-0.25, -0.2) is 0 Å². The smallest absolute Gasteiger partial charge is 0.306 e. The lowest BCUT2D eigenvalue weighted by Gasteiger charge is -2.22. The topological polar surface area (TPSA) is 85.3 Å². The van der Waals surface area contributed by atoms with Crippen molar-refractivity contribution in [2.24, 2.45) is 5.92 Å². The van der Waals surface area contributed by atoms with E-state index in [2.05, 4.69) is 25.7 Å². The van der Waals surface area contributed by atoms with Crippen molar-refractivity contribution in [1.29, 1.82) is 0 Å². The maximum absolute atomic E-state index is 12.7. The fourth-order valence-corrected chi connectivity index (χ4v) is 7.02. The number of rotatable bonds is 43. The number of aliphatic hydroxyl groups excluding tert-OH is 1. The average molecular weight is 740 g/mol. The summed E-state index contributed by atoms with van der Waals surface area (Å²) in [5.41, 5.74) is 0. The molecule has 0 radical (unpaired) electrons. The minimum absolute atomic E-state index is 0.00978. The zero-order valence-corrected chi connectivity index (χ0v) is 35.1. The predicted molar refractivity (Wildman–Crippen MR) is 220 cm³/mol. The number of carbonyl (C=O) groups excluding carboxylic acids is 2. The van der Waals surface area contributed by atoms with E-state index in [1.807, 2.05) is 0 Å². The van der Waals surface area contributed by atoms with E-state index in [0.717, 1.165) is 83.8 Å². The summed E-state index contributed by atoms with van der Waals surface area (Å²) in [6.07, 6.45) is 36.3. The van der Waals surface area contributed by atoms with Crippen molar-refractivity contribution < 1.29 is 28.9 Å². The number of aliphatic hydroxyl groups is 1. The summed E-state index contributed by atoms with van der Waals surface area (Å²) in [5, 5.41) is 9.06. The number of carbonyl (C=O) groups is 2. The minimum atomic E-state index is -0.0332. The summed E-state index contributed by atoms with van der Waals surface area (Å²) in [6, 6.07) is 0. The highest BCUT2D eigenvalue weighted by Gasteiger charge is 2.15. The monoisotopic (exact) mass is 740 g/mol. The van der Waals surface area contributed by atoms with Gasteiger partial charge < -0.3 is 24.2 Å². The van der Waals surface area contributed by atoms with Crippen molar-refractivity contribution in [1.82, 2.24) is 4.90 Å². The molecule has 1 N–H and O–H groups in total. The Kier molecular flexibility index (Phi) is 41.6. The highest BCUT2D eigenvalue weighted by molar-refractivity contribution is 5.69. The lowest BCUT2D eigenvalue weighted by atomic mass is 9.91. The molecule has 0 aliphatic heterocycles. The quantitative estimate of drug-likeness (QED) is 0.0492. The molecule has 0 aromatic rings. The number of nitrogens with zero attached hydrogens (tertiary/aromatic N) is 1. The van der Waals surface area contributed by atoms with Gasteiger partial charge in [0.1, 0.15) is 0 Å². The molecule has 0 saturated heterocycles. The molecule has 0 rings (SSSR count). The molecule has 0 saturated carbocycles. The Morgan fingerprint density at radius 3 is 1.38 bits per heavy atom. The van der Waals surface area contributed by atoms with Gasteiger partial charge in [-0.1, -0.05) is 162 Å². The Labute approximate surface area is 323 Å². The number of ether oxygens (including phenoxy) is 3. The van der Waals surface area contributed by atoms with Crippen molar-refractivity contribution in [3.63, 3.8) is 0 Å². The van der Waals surface area contributed by atoms with Gasteiger partial charge in [-0.3, -0.25) is 9.59 Å². The molecule has 0 aromatic heterocycles. The Balaban J connectivity index is 4.13. The second-order valence-electron chi connectivity index (χ2n) is 15.5. The van der Waals surface area contributed by atoms with Gasteiger partial charge in [-0.15, -0.1) is 0 Å². The molecule has 0 aliphatic rings. The van der Waals surface area contributed by atoms with Crippen molar-refractivity contribution in [2.45, 2.75) is 220 Å². The van der Waals surface area contributed by atoms with Crippen molar-refractivity contribution in [2.75, 3.05) is 52.7 Å². The molecule has 7 nitrogen and oxygen atoms in total. The van der Waals surface area contributed by atoms with E-state index in [1.165, 1.54) is 122 Å². The lowest BCUT2D eigenvalue weighted by molar-refractivity contribution is -0.145. The van der Waals surface area contributed by atoms with E-state index in [9.17, 15) is 9.59 Å². The first kappa shape index (κ1) is 50.8. The molecular formula is C45H89NO6. The Hall–Kier alpha value is -1.18. The first-order valence-corrected chi connectivity index (χ1v) is 22.8. The van der Waals surface area contributed by atoms with E-state index in [4.69, 9.17) is 19.3 Å². The predicted octanol–water partition coefficient (Wildman–Crippen LogP) is 12.2. The Bertz CT molecular complexity index is 735. The zero-order valence-electron chi connectivity index (χ0n) is 35.1. The third-order valence-electron chi connectivity index (χ3n) is 10.4. The van der Waals surface area contributed by atoms with Gasteiger partial charge in [0.05, 0.1) is 33.0 Å². The van der Waals surface area contributed by atoms with Crippen LogP contribution in [0.5, 0.6) is 0 Å². The SMILES string of the molecule is CCCCCCCCCCC(=O)OCCCCCCN(CCCCCCOC(=O)CC(CCCCCCC)CCCCCCCC)CCOCCO. The van der Waals surface area contributed by atoms with Crippen LogP contribution in [-0.4, -0.2) is 74.6 Å². The van der Waals surface area contributed by atoms with E-state index in [-0.39, 0.29) is 18.5 Å². The maximum atomic E-state index is 12.7. The molecule has 1 atom stereocenters. The summed E-state index contributed by atoms with van der Waals surface area (Å²) in [6.45, 7) is 11.9. The van der Waals surface area contributed by atoms with E-state index >= 15 is 0 Å². The van der Waals surface area contributed by atoms with Crippen LogP contribution in [0.15, 0.2) is 0 Å². The van der Waals surface area contributed by atoms with Gasteiger partial charge in [0.15, 0.2) is 0 Å². The number of esters is 2. The van der Waals surface area contributed by atoms with Gasteiger partial charge in [0, 0.05) is 19.4 Å². The van der Waals surface area contributed by atoms with Gasteiger partial charge in [0.25, 0.3) is 0 Å². The van der Waals surface area contributed by atoms with Crippen LogP contribution < -0.4 is 0 Å². The average Bonchev–Trinajstić information content (AvgIpc) is 3.14. The number of hydrogen-bond donors (Lipinski definition) is 1. The second kappa shape index (κ2) is 42.6.